The van der Waals surface area contributed by atoms with E-state index in [9.17, 15) is 0 Å². The molecule has 0 aromatic carbocycles. The highest BCUT2D eigenvalue weighted by Gasteiger charge is 2.03. The van der Waals surface area contributed by atoms with E-state index < -0.39 is 0 Å². The topological polar surface area (TPSA) is 55.9 Å². The van der Waals surface area contributed by atoms with Crippen LogP contribution in [0.15, 0.2) is 29.2 Å². The Morgan fingerprint density at radius 2 is 2.50 bits per heavy atom. The quantitative estimate of drug-likeness (QED) is 0.772. The minimum Gasteiger partial charge on any atom is -0.343 e. The van der Waals surface area contributed by atoms with Gasteiger partial charge in [0.15, 0.2) is 5.82 Å². The van der Waals surface area contributed by atoms with Crippen molar-refractivity contribution in [1.82, 2.24) is 20.0 Å². The van der Waals surface area contributed by atoms with Crippen molar-refractivity contribution in [3.05, 3.63) is 36.2 Å². The second-order valence-corrected chi connectivity index (χ2v) is 3.01. The van der Waals surface area contributed by atoms with Crippen molar-refractivity contribution in [1.29, 1.82) is 0 Å². The maximum absolute atomic E-state index is 4.67. The summed E-state index contributed by atoms with van der Waals surface area (Å²) in [5.74, 6) is 0.693. The summed E-state index contributed by atoms with van der Waals surface area (Å²) in [5, 5.41) is 6.87. The van der Waals surface area contributed by atoms with Gasteiger partial charge in [-0.2, -0.15) is 4.98 Å². The first-order chi connectivity index (χ1) is 6.90. The average Bonchev–Trinajstić information content (AvgIpc) is 2.80. The van der Waals surface area contributed by atoms with Gasteiger partial charge in [-0.15, -0.1) is 0 Å². The fourth-order valence-electron chi connectivity index (χ4n) is 1.36. The monoisotopic (exact) mass is 192 g/mol. The van der Waals surface area contributed by atoms with Gasteiger partial charge in [-0.1, -0.05) is 5.16 Å². The Balaban J connectivity index is 2.12. The maximum Gasteiger partial charge on any atom is 0.213 e. The standard InChI is InChI=1S/C9H12N4O/c1-10-5-8-3-2-4-13(8)6-9-11-7-14-12-9/h2-4,7,10H,5-6H2,1H3. The predicted octanol–water partition coefficient (Wildman–Crippen LogP) is 0.639. The van der Waals surface area contributed by atoms with Crippen LogP contribution in [0.1, 0.15) is 11.5 Å². The second-order valence-electron chi connectivity index (χ2n) is 3.01. The fraction of sp³-hybridized carbons (Fsp3) is 0.333. The predicted molar refractivity (Wildman–Crippen MR) is 50.6 cm³/mol. The van der Waals surface area contributed by atoms with E-state index in [1.165, 1.54) is 12.1 Å². The van der Waals surface area contributed by atoms with Crippen molar-refractivity contribution in [2.75, 3.05) is 7.05 Å². The minimum atomic E-state index is 0.653. The lowest BCUT2D eigenvalue weighted by molar-refractivity contribution is 0.408. The third-order valence-electron chi connectivity index (χ3n) is 2.00. The molecule has 2 aromatic heterocycles. The van der Waals surface area contributed by atoms with Gasteiger partial charge in [-0.25, -0.2) is 0 Å². The molecule has 0 saturated heterocycles. The Morgan fingerprint density at radius 3 is 3.21 bits per heavy atom. The number of aromatic nitrogens is 3. The first kappa shape index (κ1) is 8.96. The highest BCUT2D eigenvalue weighted by atomic mass is 16.5. The Morgan fingerprint density at radius 1 is 1.57 bits per heavy atom. The van der Waals surface area contributed by atoms with Crippen LogP contribution in [0.3, 0.4) is 0 Å². The maximum atomic E-state index is 4.67. The molecule has 0 aliphatic rings. The van der Waals surface area contributed by atoms with Crippen molar-refractivity contribution in [2.24, 2.45) is 0 Å². The molecule has 14 heavy (non-hydrogen) atoms. The SMILES string of the molecule is CNCc1cccn1Cc1ncon1. The summed E-state index contributed by atoms with van der Waals surface area (Å²) in [6.07, 6.45) is 3.35. The zero-order valence-corrected chi connectivity index (χ0v) is 7.97. The molecule has 0 radical (unpaired) electrons. The van der Waals surface area contributed by atoms with Crippen molar-refractivity contribution in [3.63, 3.8) is 0 Å². The number of nitrogens with zero attached hydrogens (tertiary/aromatic N) is 3. The molecule has 2 aromatic rings. The first-order valence-corrected chi connectivity index (χ1v) is 4.44. The van der Waals surface area contributed by atoms with E-state index in [2.05, 4.69) is 30.6 Å². The molecule has 0 bridgehead atoms. The molecule has 0 fully saturated rings. The molecule has 2 heterocycles. The Labute approximate surface area is 81.7 Å². The van der Waals surface area contributed by atoms with Crippen LogP contribution in [-0.2, 0) is 13.1 Å². The molecule has 0 unspecified atom stereocenters. The molecule has 0 aliphatic heterocycles. The zero-order valence-electron chi connectivity index (χ0n) is 7.97. The molecule has 0 saturated carbocycles. The number of nitrogens with one attached hydrogen (secondary N) is 1. The average molecular weight is 192 g/mol. The molecule has 0 aliphatic carbocycles. The summed E-state index contributed by atoms with van der Waals surface area (Å²) < 4.78 is 6.76. The van der Waals surface area contributed by atoms with Gasteiger partial charge in [-0.05, 0) is 19.2 Å². The molecular formula is C9H12N4O. The lowest BCUT2D eigenvalue weighted by Crippen LogP contribution is -2.11. The minimum absolute atomic E-state index is 0.653. The van der Waals surface area contributed by atoms with E-state index in [1.54, 1.807) is 0 Å². The molecule has 0 spiro atoms. The van der Waals surface area contributed by atoms with Crippen LogP contribution in [-0.4, -0.2) is 21.8 Å². The van der Waals surface area contributed by atoms with Gasteiger partial charge >= 0.3 is 0 Å². The Kier molecular flexibility index (Phi) is 2.60. The van der Waals surface area contributed by atoms with E-state index in [0.29, 0.717) is 12.4 Å². The molecule has 0 atom stereocenters. The van der Waals surface area contributed by atoms with Crippen LogP contribution in [0.25, 0.3) is 0 Å². The highest BCUT2D eigenvalue weighted by Crippen LogP contribution is 2.04. The normalized spacial score (nSPS) is 10.6. The van der Waals surface area contributed by atoms with Crippen LogP contribution in [0.4, 0.5) is 0 Å². The summed E-state index contributed by atoms with van der Waals surface area (Å²) in [5.41, 5.74) is 1.21. The number of rotatable bonds is 4. The van der Waals surface area contributed by atoms with Crippen molar-refractivity contribution >= 4 is 0 Å². The van der Waals surface area contributed by atoms with Gasteiger partial charge in [-0.3, -0.25) is 0 Å². The van der Waals surface area contributed by atoms with Gasteiger partial charge in [0.25, 0.3) is 0 Å². The lowest BCUT2D eigenvalue weighted by atomic mass is 10.4. The van der Waals surface area contributed by atoms with E-state index in [-0.39, 0.29) is 0 Å². The zero-order chi connectivity index (χ0) is 9.80. The van der Waals surface area contributed by atoms with Crippen LogP contribution in [0.2, 0.25) is 0 Å². The molecule has 5 heteroatoms. The van der Waals surface area contributed by atoms with Gasteiger partial charge in [0.1, 0.15) is 0 Å². The highest BCUT2D eigenvalue weighted by molar-refractivity contribution is 5.08. The Hall–Kier alpha value is -1.62. The van der Waals surface area contributed by atoms with E-state index >= 15 is 0 Å². The van der Waals surface area contributed by atoms with Crippen molar-refractivity contribution in [3.8, 4) is 0 Å². The summed E-state index contributed by atoms with van der Waals surface area (Å²) in [6, 6.07) is 4.07. The summed E-state index contributed by atoms with van der Waals surface area (Å²) in [7, 11) is 1.92. The third kappa shape index (κ3) is 1.82. The third-order valence-corrected chi connectivity index (χ3v) is 2.00. The summed E-state index contributed by atoms with van der Waals surface area (Å²) >= 11 is 0. The van der Waals surface area contributed by atoms with Gasteiger partial charge in [0, 0.05) is 18.4 Å². The van der Waals surface area contributed by atoms with Crippen molar-refractivity contribution in [2.45, 2.75) is 13.1 Å². The van der Waals surface area contributed by atoms with Crippen LogP contribution < -0.4 is 5.32 Å². The lowest BCUT2D eigenvalue weighted by Gasteiger charge is -2.05. The molecule has 1 N–H and O–H groups in total. The van der Waals surface area contributed by atoms with E-state index in [0.717, 1.165) is 6.54 Å². The Bertz CT molecular complexity index is 379. The van der Waals surface area contributed by atoms with Crippen LogP contribution >= 0.6 is 0 Å². The largest absolute Gasteiger partial charge is 0.343 e. The van der Waals surface area contributed by atoms with Crippen LogP contribution in [0.5, 0.6) is 0 Å². The molecule has 0 amide bonds. The van der Waals surface area contributed by atoms with Gasteiger partial charge < -0.3 is 14.4 Å². The smallest absolute Gasteiger partial charge is 0.213 e. The van der Waals surface area contributed by atoms with Crippen LogP contribution in [0, 0.1) is 0 Å². The number of hydrogen-bond donors (Lipinski definition) is 1. The van der Waals surface area contributed by atoms with Gasteiger partial charge in [0.05, 0.1) is 6.54 Å². The van der Waals surface area contributed by atoms with Gasteiger partial charge in [0.2, 0.25) is 6.39 Å². The molecule has 5 nitrogen and oxygen atoms in total. The molecule has 2 rings (SSSR count). The summed E-state index contributed by atoms with van der Waals surface area (Å²) in [6.45, 7) is 1.49. The first-order valence-electron chi connectivity index (χ1n) is 4.44. The summed E-state index contributed by atoms with van der Waals surface area (Å²) in [4.78, 5) is 3.97. The molecular weight excluding hydrogens is 180 g/mol. The second kappa shape index (κ2) is 4.06. The number of hydrogen-bond acceptors (Lipinski definition) is 4. The van der Waals surface area contributed by atoms with E-state index in [4.69, 9.17) is 0 Å². The molecule has 74 valence electrons. The van der Waals surface area contributed by atoms with Crippen molar-refractivity contribution < 1.29 is 4.52 Å². The fourth-order valence-corrected chi connectivity index (χ4v) is 1.36. The van der Waals surface area contributed by atoms with E-state index in [1.807, 2.05) is 19.3 Å².